The Morgan fingerprint density at radius 2 is 1.75 bits per heavy atom. The van der Waals surface area contributed by atoms with Gasteiger partial charge in [-0.25, -0.2) is 0 Å². The minimum absolute atomic E-state index is 0.0595. The van der Waals surface area contributed by atoms with Gasteiger partial charge in [-0.2, -0.15) is 0 Å². The number of likely N-dealkylation sites (N-methyl/N-ethyl adjacent to an activating group) is 1. The highest BCUT2D eigenvalue weighted by molar-refractivity contribution is 6.39. The van der Waals surface area contributed by atoms with E-state index in [2.05, 4.69) is 10.5 Å². The summed E-state index contributed by atoms with van der Waals surface area (Å²) in [6.07, 6.45) is 0. The van der Waals surface area contributed by atoms with Crippen LogP contribution in [0.2, 0.25) is 10.0 Å². The number of hydrogen-bond acceptors (Lipinski definition) is 4. The van der Waals surface area contributed by atoms with E-state index in [0.29, 0.717) is 28.0 Å². The number of para-hydroxylation sites is 1. The monoisotopic (exact) mass is 417 g/mol. The highest BCUT2D eigenvalue weighted by Gasteiger charge is 2.22. The zero-order chi connectivity index (χ0) is 20.1. The molecule has 0 atom stereocenters. The van der Waals surface area contributed by atoms with E-state index in [0.717, 1.165) is 5.56 Å². The van der Waals surface area contributed by atoms with Crippen LogP contribution in [0.4, 0.5) is 5.69 Å². The third-order valence-corrected chi connectivity index (χ3v) is 4.65. The molecule has 0 fully saturated rings. The van der Waals surface area contributed by atoms with Crippen LogP contribution < -0.4 is 5.32 Å². The van der Waals surface area contributed by atoms with Crippen molar-refractivity contribution in [1.29, 1.82) is 0 Å². The predicted molar refractivity (Wildman–Crippen MR) is 109 cm³/mol. The second kappa shape index (κ2) is 8.91. The van der Waals surface area contributed by atoms with Crippen molar-refractivity contribution in [3.8, 4) is 11.3 Å². The van der Waals surface area contributed by atoms with E-state index in [9.17, 15) is 9.59 Å². The molecule has 2 amide bonds. The van der Waals surface area contributed by atoms with E-state index in [1.165, 1.54) is 4.90 Å². The van der Waals surface area contributed by atoms with Gasteiger partial charge in [0, 0.05) is 18.2 Å². The molecule has 0 aliphatic carbocycles. The molecule has 144 valence electrons. The summed E-state index contributed by atoms with van der Waals surface area (Å²) in [4.78, 5) is 26.4. The Balaban J connectivity index is 1.70. The van der Waals surface area contributed by atoms with Gasteiger partial charge >= 0.3 is 0 Å². The Hall–Kier alpha value is -2.83. The van der Waals surface area contributed by atoms with Crippen molar-refractivity contribution in [2.24, 2.45) is 0 Å². The lowest BCUT2D eigenvalue weighted by Crippen LogP contribution is -2.37. The Bertz CT molecular complexity index is 969. The van der Waals surface area contributed by atoms with Crippen LogP contribution in [0.5, 0.6) is 0 Å². The number of carbonyl (C=O) groups excluding carboxylic acids is 2. The fraction of sp³-hybridized carbons (Fsp3) is 0.150. The first kappa shape index (κ1) is 19.9. The molecule has 1 heterocycles. The Kier molecular flexibility index (Phi) is 6.34. The van der Waals surface area contributed by atoms with Gasteiger partial charge < -0.3 is 14.7 Å². The first-order valence-electron chi connectivity index (χ1n) is 8.55. The number of nitrogens with one attached hydrogen (secondary N) is 1. The molecule has 28 heavy (non-hydrogen) atoms. The van der Waals surface area contributed by atoms with Crippen molar-refractivity contribution in [2.45, 2.75) is 6.92 Å². The largest absolute Gasteiger partial charge is 0.350 e. The molecule has 8 heteroatoms. The van der Waals surface area contributed by atoms with Crippen LogP contribution in [0.1, 0.15) is 17.5 Å². The number of rotatable bonds is 6. The van der Waals surface area contributed by atoms with Gasteiger partial charge in [0.25, 0.3) is 5.91 Å². The SMILES string of the molecule is CCN(CC(=O)Nc1c(Cl)cccc1Cl)C(=O)c1cc(-c2ccccc2)no1. The first-order chi connectivity index (χ1) is 13.5. The molecular weight excluding hydrogens is 401 g/mol. The van der Waals surface area contributed by atoms with E-state index in [4.69, 9.17) is 27.7 Å². The summed E-state index contributed by atoms with van der Waals surface area (Å²) >= 11 is 12.1. The third-order valence-electron chi connectivity index (χ3n) is 4.02. The van der Waals surface area contributed by atoms with Crippen molar-refractivity contribution in [1.82, 2.24) is 10.1 Å². The molecule has 1 N–H and O–H groups in total. The number of nitrogens with zero attached hydrogens (tertiary/aromatic N) is 2. The molecule has 0 bridgehead atoms. The summed E-state index contributed by atoms with van der Waals surface area (Å²) in [7, 11) is 0. The average Bonchev–Trinajstić information content (AvgIpc) is 3.19. The van der Waals surface area contributed by atoms with Gasteiger partial charge in [0.05, 0.1) is 15.7 Å². The molecule has 0 saturated heterocycles. The molecule has 2 aromatic carbocycles. The summed E-state index contributed by atoms with van der Waals surface area (Å²) in [5.74, 6) is -0.796. The molecule has 0 saturated carbocycles. The minimum atomic E-state index is -0.433. The zero-order valence-corrected chi connectivity index (χ0v) is 16.5. The quantitative estimate of drug-likeness (QED) is 0.627. The van der Waals surface area contributed by atoms with Crippen molar-refractivity contribution >= 4 is 40.7 Å². The van der Waals surface area contributed by atoms with Crippen molar-refractivity contribution < 1.29 is 14.1 Å². The number of benzene rings is 2. The van der Waals surface area contributed by atoms with Crippen molar-refractivity contribution in [3.05, 3.63) is 70.4 Å². The van der Waals surface area contributed by atoms with Crippen LogP contribution in [0.15, 0.2) is 59.1 Å². The fourth-order valence-corrected chi connectivity index (χ4v) is 3.07. The maximum Gasteiger partial charge on any atom is 0.292 e. The maximum atomic E-state index is 12.7. The number of carbonyl (C=O) groups is 2. The van der Waals surface area contributed by atoms with Crippen molar-refractivity contribution in [2.75, 3.05) is 18.4 Å². The van der Waals surface area contributed by atoms with Crippen molar-refractivity contribution in [3.63, 3.8) is 0 Å². The molecule has 6 nitrogen and oxygen atoms in total. The zero-order valence-electron chi connectivity index (χ0n) is 15.0. The highest BCUT2D eigenvalue weighted by Crippen LogP contribution is 2.29. The van der Waals surface area contributed by atoms with Crippen LogP contribution in [0.25, 0.3) is 11.3 Å². The number of halogens is 2. The Labute approximate surface area is 172 Å². The van der Waals surface area contributed by atoms with E-state index in [1.54, 1.807) is 31.2 Å². The topological polar surface area (TPSA) is 75.4 Å². The molecule has 0 aliphatic heterocycles. The van der Waals surface area contributed by atoms with E-state index < -0.39 is 11.8 Å². The van der Waals surface area contributed by atoms with Crippen LogP contribution in [-0.2, 0) is 4.79 Å². The molecule has 0 aliphatic rings. The summed E-state index contributed by atoms with van der Waals surface area (Å²) in [5, 5.41) is 7.21. The lowest BCUT2D eigenvalue weighted by Gasteiger charge is -2.19. The summed E-state index contributed by atoms with van der Waals surface area (Å²) < 4.78 is 5.19. The maximum absolute atomic E-state index is 12.7. The number of anilines is 1. The second-order valence-corrected chi connectivity index (χ2v) is 6.72. The highest BCUT2D eigenvalue weighted by atomic mass is 35.5. The lowest BCUT2D eigenvalue weighted by atomic mass is 10.1. The molecule has 3 aromatic rings. The van der Waals surface area contributed by atoms with E-state index in [1.807, 2.05) is 30.3 Å². The molecule has 3 rings (SSSR count). The van der Waals surface area contributed by atoms with Crippen LogP contribution in [-0.4, -0.2) is 35.0 Å². The van der Waals surface area contributed by atoms with Crippen LogP contribution in [0, 0.1) is 0 Å². The lowest BCUT2D eigenvalue weighted by molar-refractivity contribution is -0.116. The Morgan fingerprint density at radius 1 is 1.07 bits per heavy atom. The van der Waals surface area contributed by atoms with Gasteiger partial charge in [-0.05, 0) is 19.1 Å². The molecule has 0 spiro atoms. The number of hydrogen-bond donors (Lipinski definition) is 1. The third kappa shape index (κ3) is 4.52. The first-order valence-corrected chi connectivity index (χ1v) is 9.30. The fourth-order valence-electron chi connectivity index (χ4n) is 2.57. The van der Waals surface area contributed by atoms with Gasteiger partial charge in [-0.3, -0.25) is 9.59 Å². The smallest absolute Gasteiger partial charge is 0.292 e. The number of amides is 2. The summed E-state index contributed by atoms with van der Waals surface area (Å²) in [6, 6.07) is 15.8. The molecule has 0 radical (unpaired) electrons. The van der Waals surface area contributed by atoms with Crippen LogP contribution >= 0.6 is 23.2 Å². The number of aromatic nitrogens is 1. The second-order valence-electron chi connectivity index (χ2n) is 5.91. The van der Waals surface area contributed by atoms with E-state index >= 15 is 0 Å². The van der Waals surface area contributed by atoms with Gasteiger partial charge in [-0.15, -0.1) is 0 Å². The molecule has 1 aromatic heterocycles. The average molecular weight is 418 g/mol. The van der Waals surface area contributed by atoms with Gasteiger partial charge in [0.15, 0.2) is 0 Å². The van der Waals surface area contributed by atoms with Gasteiger partial charge in [-0.1, -0.05) is 64.8 Å². The normalized spacial score (nSPS) is 10.5. The van der Waals surface area contributed by atoms with E-state index in [-0.39, 0.29) is 12.3 Å². The standard InChI is InChI=1S/C20H17Cl2N3O3/c1-2-25(12-18(26)23-19-14(21)9-6-10-15(19)22)20(27)17-11-16(24-28-17)13-7-4-3-5-8-13/h3-11H,2,12H2,1H3,(H,23,26). The Morgan fingerprint density at radius 3 is 2.39 bits per heavy atom. The predicted octanol–water partition coefficient (Wildman–Crippen LogP) is 4.75. The molecular formula is C20H17Cl2N3O3. The summed E-state index contributed by atoms with van der Waals surface area (Å²) in [6.45, 7) is 1.89. The summed E-state index contributed by atoms with van der Waals surface area (Å²) in [5.41, 5.74) is 1.69. The molecule has 0 unspecified atom stereocenters. The minimum Gasteiger partial charge on any atom is -0.350 e. The van der Waals surface area contributed by atoms with Gasteiger partial charge in [0.2, 0.25) is 11.7 Å². The van der Waals surface area contributed by atoms with Crippen LogP contribution in [0.3, 0.4) is 0 Å². The van der Waals surface area contributed by atoms with Gasteiger partial charge in [0.1, 0.15) is 12.2 Å².